The van der Waals surface area contributed by atoms with Crippen LogP contribution in [0.5, 0.6) is 0 Å². The van der Waals surface area contributed by atoms with E-state index in [2.05, 4.69) is 13.8 Å². The van der Waals surface area contributed by atoms with E-state index in [0.717, 1.165) is 6.42 Å². The fourth-order valence-corrected chi connectivity index (χ4v) is 1.66. The molecule has 3 N–H and O–H groups in total. The number of hydrogen-bond donors (Lipinski definition) is 3. The number of unbranched alkanes of at least 4 members (excludes halogenated alkanes) is 10. The summed E-state index contributed by atoms with van der Waals surface area (Å²) in [4.78, 5) is 21.6. The second-order valence-electron chi connectivity index (χ2n) is 4.55. The normalized spacial score (nSPS) is 10.4. The van der Waals surface area contributed by atoms with Crippen molar-refractivity contribution in [1.29, 1.82) is 0 Å². The monoisotopic (exact) mass is 320 g/mol. The first-order valence-electron chi connectivity index (χ1n) is 6.99. The van der Waals surface area contributed by atoms with Crippen LogP contribution in [-0.4, -0.2) is 14.7 Å². The minimum absolute atomic E-state index is 0. The van der Waals surface area contributed by atoms with Gasteiger partial charge in [-0.2, -0.15) is 6.42 Å². The molecule has 0 rings (SSSR count). The zero-order valence-electron chi connectivity index (χ0n) is 12.7. The Morgan fingerprint density at radius 2 is 1.05 bits per heavy atom. The van der Waals surface area contributed by atoms with Crippen molar-refractivity contribution in [2.75, 3.05) is 0 Å². The van der Waals surface area contributed by atoms with E-state index in [9.17, 15) is 0 Å². The zero-order chi connectivity index (χ0) is 14.3. The first-order chi connectivity index (χ1) is 8.41. The van der Waals surface area contributed by atoms with Crippen molar-refractivity contribution >= 4 is 7.82 Å². The Morgan fingerprint density at radius 3 is 1.32 bits per heavy atom. The maximum atomic E-state index is 8.88. The minimum atomic E-state index is -4.64. The predicted octanol–water partition coefficient (Wildman–Crippen LogP) is 1.21. The molecule has 0 aliphatic heterocycles. The molecular formula is C13H30KO4P. The standard InChI is InChI=1S/C13H27.K.H3O4P/c1-3-5-7-9-11-13-12-10-8-6-4-2;;1-5(2,3)4/h1,3-13H2,2H3;;(H3,1,2,3,4)/q-1;+1;. The van der Waals surface area contributed by atoms with Crippen LogP contribution < -0.4 is 51.4 Å². The minimum Gasteiger partial charge on any atom is -0.343 e. The van der Waals surface area contributed by atoms with Crippen molar-refractivity contribution in [2.45, 2.75) is 77.6 Å². The van der Waals surface area contributed by atoms with Crippen molar-refractivity contribution < 1.29 is 70.6 Å². The quantitative estimate of drug-likeness (QED) is 0.245. The van der Waals surface area contributed by atoms with Crippen molar-refractivity contribution in [2.24, 2.45) is 0 Å². The summed E-state index contributed by atoms with van der Waals surface area (Å²) in [5.74, 6) is 0. The van der Waals surface area contributed by atoms with E-state index < -0.39 is 7.82 Å². The molecule has 0 atom stereocenters. The molecule has 112 valence electrons. The Balaban J connectivity index is -0.000000366. The second kappa shape index (κ2) is 19.7. The molecule has 0 saturated carbocycles. The average molecular weight is 320 g/mol. The molecule has 0 aromatic rings. The van der Waals surface area contributed by atoms with Gasteiger partial charge in [0.2, 0.25) is 0 Å². The molecule has 0 aromatic heterocycles. The van der Waals surface area contributed by atoms with Gasteiger partial charge >= 0.3 is 59.2 Å². The SMILES string of the molecule is O=P(O)(O)O.[CH2-]CCCCCCCCCCCC.[K+]. The van der Waals surface area contributed by atoms with Crippen LogP contribution in [0.3, 0.4) is 0 Å². The molecule has 0 spiro atoms. The van der Waals surface area contributed by atoms with E-state index in [1.165, 1.54) is 64.2 Å². The van der Waals surface area contributed by atoms with Gasteiger partial charge in [-0.15, -0.1) is 0 Å². The third-order valence-corrected chi connectivity index (χ3v) is 2.60. The summed E-state index contributed by atoms with van der Waals surface area (Å²) in [5, 5.41) is 0. The smallest absolute Gasteiger partial charge is 0.343 e. The van der Waals surface area contributed by atoms with Gasteiger partial charge in [0.1, 0.15) is 0 Å². The van der Waals surface area contributed by atoms with Gasteiger partial charge in [-0.1, -0.05) is 71.1 Å². The van der Waals surface area contributed by atoms with Crippen LogP contribution in [0.1, 0.15) is 77.6 Å². The largest absolute Gasteiger partial charge is 1.00 e. The summed E-state index contributed by atoms with van der Waals surface area (Å²) in [6.45, 7) is 6.13. The van der Waals surface area contributed by atoms with Crippen LogP contribution in [-0.2, 0) is 4.57 Å². The number of rotatable bonds is 10. The Labute approximate surface area is 161 Å². The Bertz CT molecular complexity index is 179. The molecule has 0 aliphatic carbocycles. The van der Waals surface area contributed by atoms with E-state index >= 15 is 0 Å². The molecule has 4 nitrogen and oxygen atoms in total. The van der Waals surface area contributed by atoms with Gasteiger partial charge in [-0.05, 0) is 0 Å². The van der Waals surface area contributed by atoms with Crippen molar-refractivity contribution in [3.8, 4) is 0 Å². The molecule has 0 fully saturated rings. The first-order valence-corrected chi connectivity index (χ1v) is 8.55. The van der Waals surface area contributed by atoms with E-state index in [1.54, 1.807) is 0 Å². The van der Waals surface area contributed by atoms with Crippen LogP contribution in [0.2, 0.25) is 0 Å². The molecule has 0 radical (unpaired) electrons. The van der Waals surface area contributed by atoms with Crippen molar-refractivity contribution in [1.82, 2.24) is 0 Å². The molecular weight excluding hydrogens is 290 g/mol. The van der Waals surface area contributed by atoms with Crippen LogP contribution in [0.4, 0.5) is 0 Å². The molecule has 0 saturated heterocycles. The van der Waals surface area contributed by atoms with Crippen molar-refractivity contribution in [3.63, 3.8) is 0 Å². The van der Waals surface area contributed by atoms with Gasteiger partial charge in [-0.25, -0.2) is 4.57 Å². The molecule has 0 aromatic carbocycles. The Kier molecular flexibility index (Phi) is 26.7. The summed E-state index contributed by atoms with van der Waals surface area (Å²) in [6.07, 6.45) is 15.4. The molecule has 0 amide bonds. The Morgan fingerprint density at radius 1 is 0.789 bits per heavy atom. The van der Waals surface area contributed by atoms with E-state index in [0.29, 0.717) is 0 Å². The molecule has 0 bridgehead atoms. The third-order valence-electron chi connectivity index (χ3n) is 2.60. The molecule has 0 heterocycles. The molecule has 19 heavy (non-hydrogen) atoms. The van der Waals surface area contributed by atoms with E-state index in [4.69, 9.17) is 19.2 Å². The van der Waals surface area contributed by atoms with E-state index in [-0.39, 0.29) is 51.4 Å². The van der Waals surface area contributed by atoms with Gasteiger partial charge in [0.25, 0.3) is 0 Å². The maximum Gasteiger partial charge on any atom is 1.00 e. The van der Waals surface area contributed by atoms with Gasteiger partial charge in [-0.3, -0.25) is 0 Å². The van der Waals surface area contributed by atoms with E-state index in [1.807, 2.05) is 0 Å². The van der Waals surface area contributed by atoms with Gasteiger partial charge in [0.05, 0.1) is 0 Å². The van der Waals surface area contributed by atoms with Gasteiger partial charge < -0.3 is 21.6 Å². The zero-order valence-corrected chi connectivity index (χ0v) is 16.7. The predicted molar refractivity (Wildman–Crippen MR) is 76.1 cm³/mol. The number of phosphoric acid groups is 1. The summed E-state index contributed by atoms with van der Waals surface area (Å²) >= 11 is 0. The molecule has 0 unspecified atom stereocenters. The molecule has 6 heteroatoms. The maximum absolute atomic E-state index is 8.88. The fourth-order valence-electron chi connectivity index (χ4n) is 1.66. The summed E-state index contributed by atoms with van der Waals surface area (Å²) in [6, 6.07) is 0. The summed E-state index contributed by atoms with van der Waals surface area (Å²) < 4.78 is 8.88. The van der Waals surface area contributed by atoms with Crippen LogP contribution in [0.25, 0.3) is 0 Å². The summed E-state index contributed by atoms with van der Waals surface area (Å²) in [7, 11) is -4.64. The van der Waals surface area contributed by atoms with Crippen LogP contribution in [0, 0.1) is 6.92 Å². The Hall–Kier alpha value is 1.75. The second-order valence-corrected chi connectivity index (χ2v) is 5.58. The van der Waals surface area contributed by atoms with Gasteiger partial charge in [0.15, 0.2) is 0 Å². The summed E-state index contributed by atoms with van der Waals surface area (Å²) in [5.41, 5.74) is 0. The average Bonchev–Trinajstić information content (AvgIpc) is 2.25. The fraction of sp³-hybridized carbons (Fsp3) is 0.923. The van der Waals surface area contributed by atoms with Gasteiger partial charge in [0, 0.05) is 0 Å². The number of hydrogen-bond acceptors (Lipinski definition) is 1. The molecule has 0 aliphatic rings. The third kappa shape index (κ3) is 45.1. The van der Waals surface area contributed by atoms with Crippen LogP contribution in [0.15, 0.2) is 0 Å². The first kappa shape index (κ1) is 25.7. The van der Waals surface area contributed by atoms with Crippen LogP contribution >= 0.6 is 7.82 Å². The topological polar surface area (TPSA) is 77.8 Å². The van der Waals surface area contributed by atoms with Crippen molar-refractivity contribution in [3.05, 3.63) is 6.92 Å².